The summed E-state index contributed by atoms with van der Waals surface area (Å²) >= 11 is 0. The molecule has 1 amide bonds. The Bertz CT molecular complexity index is 1010. The first kappa shape index (κ1) is 21.1. The molecule has 1 aliphatic rings. The second kappa shape index (κ2) is 9.76. The van der Waals surface area contributed by atoms with Crippen LogP contribution in [0.5, 0.6) is 5.75 Å². The zero-order valence-electron chi connectivity index (χ0n) is 18.3. The molecular weight excluding hydrogens is 392 g/mol. The Labute approximate surface area is 182 Å². The number of carbonyl (C=O) groups is 1. The summed E-state index contributed by atoms with van der Waals surface area (Å²) in [6.07, 6.45) is 5.98. The van der Waals surface area contributed by atoms with Gasteiger partial charge in [0.15, 0.2) is 0 Å². The minimum Gasteiger partial charge on any atom is -0.497 e. The van der Waals surface area contributed by atoms with E-state index in [2.05, 4.69) is 38.3 Å². The Morgan fingerprint density at radius 2 is 1.97 bits per heavy atom. The van der Waals surface area contributed by atoms with Gasteiger partial charge in [0, 0.05) is 37.3 Å². The van der Waals surface area contributed by atoms with Crippen LogP contribution in [0.15, 0.2) is 36.7 Å². The SMILES string of the molecule is CCCc1cc(N2CCC(C(=O)NCCc3ccc(OC)cc3)CC2)n2ncnc2n1. The van der Waals surface area contributed by atoms with Crippen LogP contribution in [0.2, 0.25) is 0 Å². The number of piperidine rings is 1. The van der Waals surface area contributed by atoms with Gasteiger partial charge in [0.25, 0.3) is 5.78 Å². The number of amides is 1. The molecule has 1 N–H and O–H groups in total. The van der Waals surface area contributed by atoms with E-state index in [1.54, 1.807) is 18.0 Å². The third-order valence-corrected chi connectivity index (χ3v) is 5.85. The molecule has 0 spiro atoms. The van der Waals surface area contributed by atoms with Crippen LogP contribution in [-0.2, 0) is 17.6 Å². The van der Waals surface area contributed by atoms with E-state index in [-0.39, 0.29) is 11.8 Å². The summed E-state index contributed by atoms with van der Waals surface area (Å²) in [5, 5.41) is 7.45. The van der Waals surface area contributed by atoms with Crippen LogP contribution in [0, 0.1) is 5.92 Å². The van der Waals surface area contributed by atoms with Crippen molar-refractivity contribution in [2.75, 3.05) is 31.6 Å². The van der Waals surface area contributed by atoms with Gasteiger partial charge in [-0.2, -0.15) is 14.6 Å². The average molecular weight is 423 g/mol. The molecule has 2 aromatic heterocycles. The van der Waals surface area contributed by atoms with E-state index < -0.39 is 0 Å². The maximum Gasteiger partial charge on any atom is 0.254 e. The number of benzene rings is 1. The molecule has 0 saturated carbocycles. The van der Waals surface area contributed by atoms with Gasteiger partial charge in [0.1, 0.15) is 17.9 Å². The van der Waals surface area contributed by atoms with E-state index >= 15 is 0 Å². The lowest BCUT2D eigenvalue weighted by molar-refractivity contribution is -0.125. The van der Waals surface area contributed by atoms with Crippen LogP contribution < -0.4 is 15.0 Å². The third-order valence-electron chi connectivity index (χ3n) is 5.85. The Morgan fingerprint density at radius 1 is 1.19 bits per heavy atom. The van der Waals surface area contributed by atoms with Crippen molar-refractivity contribution in [1.82, 2.24) is 24.9 Å². The van der Waals surface area contributed by atoms with Crippen molar-refractivity contribution in [1.29, 1.82) is 0 Å². The number of nitrogens with one attached hydrogen (secondary N) is 1. The molecule has 8 heteroatoms. The summed E-state index contributed by atoms with van der Waals surface area (Å²) in [7, 11) is 1.66. The highest BCUT2D eigenvalue weighted by Crippen LogP contribution is 2.24. The second-order valence-electron chi connectivity index (χ2n) is 7.98. The minimum absolute atomic E-state index is 0.0512. The van der Waals surface area contributed by atoms with E-state index in [4.69, 9.17) is 4.74 Å². The molecule has 1 saturated heterocycles. The van der Waals surface area contributed by atoms with E-state index in [9.17, 15) is 4.79 Å². The number of hydrogen-bond acceptors (Lipinski definition) is 6. The predicted octanol–water partition coefficient (Wildman–Crippen LogP) is 2.66. The third kappa shape index (κ3) is 4.95. The monoisotopic (exact) mass is 422 g/mol. The Kier molecular flexibility index (Phi) is 6.64. The van der Waals surface area contributed by atoms with Gasteiger partial charge in [-0.05, 0) is 43.4 Å². The number of methoxy groups -OCH3 is 1. The minimum atomic E-state index is 0.0512. The number of ether oxygens (including phenoxy) is 1. The number of carbonyl (C=O) groups excluding carboxylic acids is 1. The maximum atomic E-state index is 12.7. The normalized spacial score (nSPS) is 14.7. The zero-order chi connectivity index (χ0) is 21.6. The molecule has 3 aromatic rings. The molecule has 4 rings (SSSR count). The molecule has 3 heterocycles. The van der Waals surface area contributed by atoms with E-state index in [1.165, 1.54) is 5.56 Å². The van der Waals surface area contributed by atoms with Gasteiger partial charge in [-0.3, -0.25) is 4.79 Å². The van der Waals surface area contributed by atoms with Gasteiger partial charge in [0.2, 0.25) is 5.91 Å². The van der Waals surface area contributed by atoms with Crippen molar-refractivity contribution in [2.45, 2.75) is 39.0 Å². The molecule has 0 unspecified atom stereocenters. The van der Waals surface area contributed by atoms with E-state index in [1.807, 2.05) is 24.3 Å². The predicted molar refractivity (Wildman–Crippen MR) is 119 cm³/mol. The highest BCUT2D eigenvalue weighted by atomic mass is 16.5. The van der Waals surface area contributed by atoms with Crippen LogP contribution in [0.4, 0.5) is 5.82 Å². The fourth-order valence-electron chi connectivity index (χ4n) is 4.09. The topological polar surface area (TPSA) is 84.7 Å². The van der Waals surface area contributed by atoms with Crippen molar-refractivity contribution in [3.05, 3.63) is 47.9 Å². The lowest BCUT2D eigenvalue weighted by atomic mass is 9.95. The van der Waals surface area contributed by atoms with E-state index in [0.29, 0.717) is 12.3 Å². The second-order valence-corrected chi connectivity index (χ2v) is 7.98. The van der Waals surface area contributed by atoms with E-state index in [0.717, 1.165) is 62.5 Å². The lowest BCUT2D eigenvalue weighted by Crippen LogP contribution is -2.41. The van der Waals surface area contributed by atoms with Gasteiger partial charge in [-0.15, -0.1) is 0 Å². The van der Waals surface area contributed by atoms with Crippen LogP contribution in [0.3, 0.4) is 0 Å². The summed E-state index contributed by atoms with van der Waals surface area (Å²) in [6.45, 7) is 4.44. The Balaban J connectivity index is 1.30. The molecule has 8 nitrogen and oxygen atoms in total. The van der Waals surface area contributed by atoms with Gasteiger partial charge in [-0.1, -0.05) is 25.5 Å². The molecule has 0 atom stereocenters. The zero-order valence-corrected chi connectivity index (χ0v) is 18.3. The molecule has 0 radical (unpaired) electrons. The highest BCUT2D eigenvalue weighted by Gasteiger charge is 2.26. The molecule has 164 valence electrons. The number of aromatic nitrogens is 4. The molecule has 31 heavy (non-hydrogen) atoms. The molecule has 1 fully saturated rings. The number of rotatable bonds is 8. The molecular formula is C23H30N6O2. The Hall–Kier alpha value is -3.16. The van der Waals surface area contributed by atoms with Gasteiger partial charge in [-0.25, -0.2) is 4.98 Å². The summed E-state index contributed by atoms with van der Waals surface area (Å²) in [5.74, 6) is 2.71. The fraction of sp³-hybridized carbons (Fsp3) is 0.478. The summed E-state index contributed by atoms with van der Waals surface area (Å²) in [6, 6.07) is 10.1. The first-order chi connectivity index (χ1) is 15.2. The largest absolute Gasteiger partial charge is 0.497 e. The van der Waals surface area contributed by atoms with Crippen molar-refractivity contribution in [3.63, 3.8) is 0 Å². The van der Waals surface area contributed by atoms with Crippen LogP contribution in [-0.4, -0.2) is 52.2 Å². The summed E-state index contributed by atoms with van der Waals surface area (Å²) in [4.78, 5) is 23.8. The smallest absolute Gasteiger partial charge is 0.254 e. The maximum absolute atomic E-state index is 12.7. The first-order valence-corrected chi connectivity index (χ1v) is 11.0. The molecule has 1 aromatic carbocycles. The number of aryl methyl sites for hydroxylation is 1. The summed E-state index contributed by atoms with van der Waals surface area (Å²) < 4.78 is 6.98. The van der Waals surface area contributed by atoms with Crippen LogP contribution in [0.25, 0.3) is 5.78 Å². The van der Waals surface area contributed by atoms with Crippen molar-refractivity contribution in [3.8, 4) is 5.75 Å². The number of fused-ring (bicyclic) bond motifs is 1. The van der Waals surface area contributed by atoms with Gasteiger partial charge < -0.3 is 15.0 Å². The molecule has 0 aliphatic carbocycles. The average Bonchev–Trinajstić information content (AvgIpc) is 3.28. The number of nitrogens with zero attached hydrogens (tertiary/aromatic N) is 5. The van der Waals surface area contributed by atoms with Crippen molar-refractivity contribution in [2.24, 2.45) is 5.92 Å². The molecule has 0 bridgehead atoms. The van der Waals surface area contributed by atoms with Gasteiger partial charge >= 0.3 is 0 Å². The standard InChI is InChI=1S/C23H30N6O2/c1-3-4-19-15-21(29-23(27-19)25-16-26-29)28-13-10-18(11-14-28)22(30)24-12-9-17-5-7-20(31-2)8-6-17/h5-8,15-16,18H,3-4,9-14H2,1-2H3,(H,24,30). The van der Waals surface area contributed by atoms with Crippen LogP contribution in [0.1, 0.15) is 37.4 Å². The van der Waals surface area contributed by atoms with Gasteiger partial charge in [0.05, 0.1) is 7.11 Å². The molecule has 1 aliphatic heterocycles. The fourth-order valence-corrected chi connectivity index (χ4v) is 4.09. The summed E-state index contributed by atoms with van der Waals surface area (Å²) in [5.41, 5.74) is 2.23. The number of hydrogen-bond donors (Lipinski definition) is 1. The van der Waals surface area contributed by atoms with Crippen molar-refractivity contribution < 1.29 is 9.53 Å². The number of anilines is 1. The Morgan fingerprint density at radius 3 is 2.68 bits per heavy atom. The van der Waals surface area contributed by atoms with Crippen molar-refractivity contribution >= 4 is 17.5 Å². The first-order valence-electron chi connectivity index (χ1n) is 11.0. The lowest BCUT2D eigenvalue weighted by Gasteiger charge is -2.33. The van der Waals surface area contributed by atoms with Crippen LogP contribution >= 0.6 is 0 Å². The quantitative estimate of drug-likeness (QED) is 0.601. The highest BCUT2D eigenvalue weighted by molar-refractivity contribution is 5.79.